The number of carbonyl (C=O) groups excluding carboxylic acids is 2. The number of nitrogens with one attached hydrogen (secondary N) is 1. The zero-order valence-electron chi connectivity index (χ0n) is 14.3. The van der Waals surface area contributed by atoms with E-state index >= 15 is 0 Å². The molecule has 1 heterocycles. The third-order valence-electron chi connectivity index (χ3n) is 4.11. The fourth-order valence-corrected chi connectivity index (χ4v) is 2.55. The second-order valence-electron chi connectivity index (χ2n) is 6.29. The Morgan fingerprint density at radius 3 is 2.25 bits per heavy atom. The van der Waals surface area contributed by atoms with Crippen LogP contribution in [0, 0.1) is 5.92 Å². The van der Waals surface area contributed by atoms with Crippen LogP contribution in [0.15, 0.2) is 30.3 Å². The summed E-state index contributed by atoms with van der Waals surface area (Å²) in [5.41, 5.74) is 6.72. The normalized spacial score (nSPS) is 16.4. The first-order valence-electron chi connectivity index (χ1n) is 8.09. The Balaban J connectivity index is 0.00000288. The van der Waals surface area contributed by atoms with Crippen LogP contribution in [0.2, 0.25) is 0 Å². The van der Waals surface area contributed by atoms with E-state index in [1.54, 1.807) is 4.90 Å². The molecule has 2 rings (SSSR count). The second-order valence-corrected chi connectivity index (χ2v) is 6.29. The van der Waals surface area contributed by atoms with Crippen molar-refractivity contribution < 1.29 is 9.59 Å². The number of hydrogen-bond donors (Lipinski definition) is 2. The van der Waals surface area contributed by atoms with Crippen LogP contribution in [0.4, 0.5) is 5.69 Å². The van der Waals surface area contributed by atoms with Crippen molar-refractivity contribution >= 4 is 29.9 Å². The largest absolute Gasteiger partial charge is 0.339 e. The van der Waals surface area contributed by atoms with E-state index < -0.39 is 6.04 Å². The van der Waals surface area contributed by atoms with Gasteiger partial charge in [-0.1, -0.05) is 32.0 Å². The number of nitrogens with zero attached hydrogens (tertiary/aromatic N) is 2. The molecule has 6 nitrogen and oxygen atoms in total. The van der Waals surface area contributed by atoms with E-state index in [-0.39, 0.29) is 30.1 Å². The molecular formula is C17H27ClN4O2. The highest BCUT2D eigenvalue weighted by Gasteiger charge is 2.27. The predicted octanol–water partition coefficient (Wildman–Crippen LogP) is 1.17. The highest BCUT2D eigenvalue weighted by Crippen LogP contribution is 2.09. The number of halogens is 1. The molecule has 134 valence electrons. The van der Waals surface area contributed by atoms with Gasteiger partial charge < -0.3 is 16.0 Å². The standard InChI is InChI=1S/C17H26N4O2.ClH/c1-13(2)16(18)17(23)21-10-8-20(9-11-21)12-15(22)19-14-6-4-3-5-7-14;/h3-7,13,16H,8-12,18H2,1-2H3,(H,19,22);1H/t16-;/m0./s1. The lowest BCUT2D eigenvalue weighted by Gasteiger charge is -2.36. The van der Waals surface area contributed by atoms with Gasteiger partial charge >= 0.3 is 0 Å². The zero-order valence-corrected chi connectivity index (χ0v) is 15.1. The molecule has 7 heteroatoms. The van der Waals surface area contributed by atoms with E-state index in [0.29, 0.717) is 32.7 Å². The quantitative estimate of drug-likeness (QED) is 0.832. The molecule has 0 bridgehead atoms. The number of hydrogen-bond acceptors (Lipinski definition) is 4. The van der Waals surface area contributed by atoms with Crippen molar-refractivity contribution in [2.24, 2.45) is 11.7 Å². The van der Waals surface area contributed by atoms with Crippen LogP contribution in [0.5, 0.6) is 0 Å². The lowest BCUT2D eigenvalue weighted by Crippen LogP contribution is -2.55. The van der Waals surface area contributed by atoms with Crippen molar-refractivity contribution in [2.75, 3.05) is 38.0 Å². The first-order valence-corrected chi connectivity index (χ1v) is 8.09. The number of nitrogens with two attached hydrogens (primary N) is 1. The molecule has 0 radical (unpaired) electrons. The Morgan fingerprint density at radius 2 is 1.71 bits per heavy atom. The summed E-state index contributed by atoms with van der Waals surface area (Å²) in [6.07, 6.45) is 0. The fourth-order valence-electron chi connectivity index (χ4n) is 2.55. The molecule has 0 aliphatic carbocycles. The third kappa shape index (κ3) is 5.78. The zero-order chi connectivity index (χ0) is 16.8. The molecule has 3 N–H and O–H groups in total. The molecule has 1 atom stereocenters. The number of carbonyl (C=O) groups is 2. The van der Waals surface area contributed by atoms with E-state index in [2.05, 4.69) is 10.2 Å². The molecule has 0 unspecified atom stereocenters. The van der Waals surface area contributed by atoms with E-state index in [1.165, 1.54) is 0 Å². The number of para-hydroxylation sites is 1. The van der Waals surface area contributed by atoms with E-state index in [1.807, 2.05) is 44.2 Å². The van der Waals surface area contributed by atoms with E-state index in [9.17, 15) is 9.59 Å². The van der Waals surface area contributed by atoms with Gasteiger partial charge in [0.05, 0.1) is 12.6 Å². The maximum absolute atomic E-state index is 12.2. The van der Waals surface area contributed by atoms with Gasteiger partial charge in [-0.2, -0.15) is 0 Å². The summed E-state index contributed by atoms with van der Waals surface area (Å²) in [7, 11) is 0. The van der Waals surface area contributed by atoms with Gasteiger partial charge in [-0.25, -0.2) is 0 Å². The van der Waals surface area contributed by atoms with Crippen molar-refractivity contribution in [1.82, 2.24) is 9.80 Å². The van der Waals surface area contributed by atoms with Gasteiger partial charge in [-0.15, -0.1) is 12.4 Å². The maximum atomic E-state index is 12.2. The number of piperazine rings is 1. The van der Waals surface area contributed by atoms with Crippen LogP contribution in [-0.4, -0.2) is 60.4 Å². The molecule has 1 fully saturated rings. The van der Waals surface area contributed by atoms with Crippen LogP contribution >= 0.6 is 12.4 Å². The van der Waals surface area contributed by atoms with Gasteiger partial charge in [-0.3, -0.25) is 14.5 Å². The van der Waals surface area contributed by atoms with E-state index in [4.69, 9.17) is 5.73 Å². The summed E-state index contributed by atoms with van der Waals surface area (Å²) >= 11 is 0. The molecule has 1 aliphatic heterocycles. The van der Waals surface area contributed by atoms with Crippen LogP contribution in [-0.2, 0) is 9.59 Å². The van der Waals surface area contributed by atoms with Crippen LogP contribution < -0.4 is 11.1 Å². The Kier molecular flexibility index (Phi) is 8.18. The summed E-state index contributed by atoms with van der Waals surface area (Å²) in [4.78, 5) is 28.1. The minimum atomic E-state index is -0.442. The molecule has 2 amide bonds. The van der Waals surface area contributed by atoms with Crippen molar-refractivity contribution in [3.8, 4) is 0 Å². The van der Waals surface area contributed by atoms with Gasteiger partial charge in [0, 0.05) is 31.9 Å². The second kappa shape index (κ2) is 9.61. The summed E-state index contributed by atoms with van der Waals surface area (Å²) in [5, 5.41) is 2.88. The summed E-state index contributed by atoms with van der Waals surface area (Å²) in [6.45, 7) is 6.87. The van der Waals surface area contributed by atoms with Gasteiger partial charge in [0.2, 0.25) is 11.8 Å². The number of benzene rings is 1. The minimum absolute atomic E-state index is 0. The summed E-state index contributed by atoms with van der Waals surface area (Å²) in [6, 6.07) is 8.97. The summed E-state index contributed by atoms with van der Waals surface area (Å²) < 4.78 is 0. The predicted molar refractivity (Wildman–Crippen MR) is 98.2 cm³/mol. The van der Waals surface area contributed by atoms with Crippen LogP contribution in [0.25, 0.3) is 0 Å². The molecule has 1 saturated heterocycles. The molecule has 0 spiro atoms. The van der Waals surface area contributed by atoms with Crippen molar-refractivity contribution in [3.05, 3.63) is 30.3 Å². The maximum Gasteiger partial charge on any atom is 0.239 e. The average Bonchev–Trinajstić information content (AvgIpc) is 2.55. The molecule has 1 aromatic rings. The molecule has 1 aromatic carbocycles. The number of rotatable bonds is 5. The highest BCUT2D eigenvalue weighted by atomic mass is 35.5. The lowest BCUT2D eigenvalue weighted by molar-refractivity contribution is -0.135. The molecule has 0 aromatic heterocycles. The molecule has 1 aliphatic rings. The summed E-state index contributed by atoms with van der Waals surface area (Å²) in [5.74, 6) is 0.112. The SMILES string of the molecule is CC(C)[C@H](N)C(=O)N1CCN(CC(=O)Nc2ccccc2)CC1.Cl. The Bertz CT molecular complexity index is 531. The van der Waals surface area contributed by atoms with Crippen molar-refractivity contribution in [2.45, 2.75) is 19.9 Å². The lowest BCUT2D eigenvalue weighted by atomic mass is 10.0. The van der Waals surface area contributed by atoms with Crippen molar-refractivity contribution in [3.63, 3.8) is 0 Å². The topological polar surface area (TPSA) is 78.7 Å². The van der Waals surface area contributed by atoms with Gasteiger partial charge in [0.15, 0.2) is 0 Å². The van der Waals surface area contributed by atoms with E-state index in [0.717, 1.165) is 5.69 Å². The fraction of sp³-hybridized carbons (Fsp3) is 0.529. The Morgan fingerprint density at radius 1 is 1.12 bits per heavy atom. The first-order chi connectivity index (χ1) is 11.0. The minimum Gasteiger partial charge on any atom is -0.339 e. The third-order valence-corrected chi connectivity index (χ3v) is 4.11. The number of anilines is 1. The highest BCUT2D eigenvalue weighted by molar-refractivity contribution is 5.92. The van der Waals surface area contributed by atoms with Crippen molar-refractivity contribution in [1.29, 1.82) is 0 Å². The first kappa shape index (κ1) is 20.4. The van der Waals surface area contributed by atoms with Gasteiger partial charge in [-0.05, 0) is 18.1 Å². The smallest absolute Gasteiger partial charge is 0.239 e. The van der Waals surface area contributed by atoms with Crippen LogP contribution in [0.3, 0.4) is 0 Å². The molecule has 0 saturated carbocycles. The van der Waals surface area contributed by atoms with Crippen LogP contribution in [0.1, 0.15) is 13.8 Å². The average molecular weight is 355 g/mol. The Hall–Kier alpha value is -1.63. The molecular weight excluding hydrogens is 328 g/mol. The van der Waals surface area contributed by atoms with Gasteiger partial charge in [0.1, 0.15) is 0 Å². The number of amides is 2. The Labute approximate surface area is 149 Å². The monoisotopic (exact) mass is 354 g/mol. The molecule has 24 heavy (non-hydrogen) atoms. The van der Waals surface area contributed by atoms with Gasteiger partial charge in [0.25, 0.3) is 0 Å².